The van der Waals surface area contributed by atoms with Crippen molar-refractivity contribution in [2.45, 2.75) is 32.9 Å². The Labute approximate surface area is 122 Å². The van der Waals surface area contributed by atoms with Gasteiger partial charge in [0.15, 0.2) is 11.5 Å². The van der Waals surface area contributed by atoms with Gasteiger partial charge in [0, 0.05) is 18.6 Å². The van der Waals surface area contributed by atoms with Crippen LogP contribution in [0.2, 0.25) is 0 Å². The first-order chi connectivity index (χ1) is 9.36. The number of rotatable bonds is 7. The number of methoxy groups -OCH3 is 1. The molecule has 0 amide bonds. The standard InChI is InChI=1S/C16H28N2O2/c1-11(2)14(18(4)5)10-17-12(3)13-7-8-15(19)16(9-13)20-6/h7-9,11-12,14,17,19H,10H2,1-6H3. The summed E-state index contributed by atoms with van der Waals surface area (Å²) in [7, 11) is 5.79. The molecule has 0 aliphatic heterocycles. The smallest absolute Gasteiger partial charge is 0.160 e. The monoisotopic (exact) mass is 280 g/mol. The van der Waals surface area contributed by atoms with Crippen molar-refractivity contribution in [3.8, 4) is 11.5 Å². The Kier molecular flexibility index (Phi) is 6.30. The summed E-state index contributed by atoms with van der Waals surface area (Å²) in [6, 6.07) is 6.20. The minimum Gasteiger partial charge on any atom is -0.504 e. The van der Waals surface area contributed by atoms with E-state index in [1.165, 1.54) is 0 Å². The van der Waals surface area contributed by atoms with Gasteiger partial charge in [-0.15, -0.1) is 0 Å². The van der Waals surface area contributed by atoms with E-state index in [-0.39, 0.29) is 11.8 Å². The third kappa shape index (κ3) is 4.39. The molecule has 0 aliphatic rings. The lowest BCUT2D eigenvalue weighted by atomic mass is 10.0. The molecular weight excluding hydrogens is 252 g/mol. The molecular formula is C16H28N2O2. The van der Waals surface area contributed by atoms with E-state index in [1.54, 1.807) is 13.2 Å². The van der Waals surface area contributed by atoms with Crippen LogP contribution >= 0.6 is 0 Å². The number of phenolic OH excluding ortho intramolecular Hbond substituents is 1. The van der Waals surface area contributed by atoms with Gasteiger partial charge in [-0.25, -0.2) is 0 Å². The van der Waals surface area contributed by atoms with Gasteiger partial charge in [0.05, 0.1) is 7.11 Å². The molecule has 20 heavy (non-hydrogen) atoms. The molecule has 0 spiro atoms. The fourth-order valence-electron chi connectivity index (χ4n) is 2.39. The van der Waals surface area contributed by atoms with Crippen molar-refractivity contribution in [1.29, 1.82) is 0 Å². The van der Waals surface area contributed by atoms with Crippen molar-refractivity contribution in [1.82, 2.24) is 10.2 Å². The van der Waals surface area contributed by atoms with Crippen molar-refractivity contribution in [3.63, 3.8) is 0 Å². The normalized spacial score (nSPS) is 14.6. The molecule has 1 rings (SSSR count). The molecule has 2 N–H and O–H groups in total. The quantitative estimate of drug-likeness (QED) is 0.806. The Bertz CT molecular complexity index is 411. The highest BCUT2D eigenvalue weighted by molar-refractivity contribution is 5.42. The highest BCUT2D eigenvalue weighted by Crippen LogP contribution is 2.28. The van der Waals surface area contributed by atoms with Crippen LogP contribution in [0.5, 0.6) is 11.5 Å². The van der Waals surface area contributed by atoms with Gasteiger partial charge in [-0.2, -0.15) is 0 Å². The number of benzene rings is 1. The number of phenols is 1. The zero-order valence-corrected chi connectivity index (χ0v) is 13.5. The summed E-state index contributed by atoms with van der Waals surface area (Å²) in [6.07, 6.45) is 0. The molecule has 0 saturated carbocycles. The molecule has 2 unspecified atom stereocenters. The summed E-state index contributed by atoms with van der Waals surface area (Å²) in [5, 5.41) is 13.2. The summed E-state index contributed by atoms with van der Waals surface area (Å²) in [5.41, 5.74) is 1.11. The molecule has 4 heteroatoms. The van der Waals surface area contributed by atoms with Crippen LogP contribution in [-0.4, -0.2) is 43.8 Å². The van der Waals surface area contributed by atoms with E-state index >= 15 is 0 Å². The Morgan fingerprint density at radius 3 is 2.40 bits per heavy atom. The lowest BCUT2D eigenvalue weighted by Gasteiger charge is -2.29. The third-order valence-corrected chi connectivity index (χ3v) is 3.77. The number of ether oxygens (including phenoxy) is 1. The van der Waals surface area contributed by atoms with Crippen LogP contribution in [0.25, 0.3) is 0 Å². The van der Waals surface area contributed by atoms with Crippen LogP contribution in [0.4, 0.5) is 0 Å². The van der Waals surface area contributed by atoms with Gasteiger partial charge in [-0.05, 0) is 44.6 Å². The lowest BCUT2D eigenvalue weighted by molar-refractivity contribution is 0.220. The average molecular weight is 280 g/mol. The van der Waals surface area contributed by atoms with E-state index in [2.05, 4.69) is 45.1 Å². The van der Waals surface area contributed by atoms with E-state index in [0.29, 0.717) is 17.7 Å². The van der Waals surface area contributed by atoms with Crippen molar-refractivity contribution >= 4 is 0 Å². The topological polar surface area (TPSA) is 44.7 Å². The molecule has 0 bridgehead atoms. The number of hydrogen-bond acceptors (Lipinski definition) is 4. The van der Waals surface area contributed by atoms with Crippen molar-refractivity contribution in [3.05, 3.63) is 23.8 Å². The highest BCUT2D eigenvalue weighted by Gasteiger charge is 2.17. The van der Waals surface area contributed by atoms with Crippen LogP contribution in [0.15, 0.2) is 18.2 Å². The van der Waals surface area contributed by atoms with Gasteiger partial charge in [0.25, 0.3) is 0 Å². The van der Waals surface area contributed by atoms with Gasteiger partial charge < -0.3 is 20.1 Å². The fourth-order valence-corrected chi connectivity index (χ4v) is 2.39. The van der Waals surface area contributed by atoms with Crippen LogP contribution in [-0.2, 0) is 0 Å². The van der Waals surface area contributed by atoms with Crippen molar-refractivity contribution in [2.75, 3.05) is 27.7 Å². The number of likely N-dealkylation sites (N-methyl/N-ethyl adjacent to an activating group) is 1. The summed E-state index contributed by atoms with van der Waals surface area (Å²) in [5.74, 6) is 1.29. The Morgan fingerprint density at radius 2 is 1.90 bits per heavy atom. The first-order valence-corrected chi connectivity index (χ1v) is 7.13. The minimum atomic E-state index is 0.178. The van der Waals surface area contributed by atoms with Crippen LogP contribution < -0.4 is 10.1 Å². The second-order valence-corrected chi connectivity index (χ2v) is 5.84. The van der Waals surface area contributed by atoms with E-state index in [1.807, 2.05) is 12.1 Å². The molecule has 0 radical (unpaired) electrons. The molecule has 2 atom stereocenters. The second kappa shape index (κ2) is 7.50. The molecule has 114 valence electrons. The Hall–Kier alpha value is -1.26. The highest BCUT2D eigenvalue weighted by atomic mass is 16.5. The molecule has 0 aliphatic carbocycles. The fraction of sp³-hybridized carbons (Fsp3) is 0.625. The second-order valence-electron chi connectivity index (χ2n) is 5.84. The number of aromatic hydroxyl groups is 1. The van der Waals surface area contributed by atoms with Crippen LogP contribution in [0.3, 0.4) is 0 Å². The molecule has 1 aromatic carbocycles. The molecule has 0 saturated heterocycles. The van der Waals surface area contributed by atoms with Crippen molar-refractivity contribution in [2.24, 2.45) is 5.92 Å². The maximum atomic E-state index is 9.63. The van der Waals surface area contributed by atoms with Gasteiger partial charge in [0.2, 0.25) is 0 Å². The van der Waals surface area contributed by atoms with Gasteiger partial charge in [-0.3, -0.25) is 0 Å². The predicted octanol–water partition coefficient (Wildman–Crippen LogP) is 2.64. The number of hydrogen-bond donors (Lipinski definition) is 2. The molecule has 0 aromatic heterocycles. The molecule has 0 fully saturated rings. The lowest BCUT2D eigenvalue weighted by Crippen LogP contribution is -2.42. The van der Waals surface area contributed by atoms with Gasteiger partial charge >= 0.3 is 0 Å². The van der Waals surface area contributed by atoms with E-state index in [4.69, 9.17) is 4.74 Å². The number of nitrogens with zero attached hydrogens (tertiary/aromatic N) is 1. The average Bonchev–Trinajstić information content (AvgIpc) is 2.38. The first kappa shape index (κ1) is 16.8. The molecule has 0 heterocycles. The van der Waals surface area contributed by atoms with E-state index in [9.17, 15) is 5.11 Å². The van der Waals surface area contributed by atoms with Crippen LogP contribution in [0, 0.1) is 5.92 Å². The predicted molar refractivity (Wildman–Crippen MR) is 83.4 cm³/mol. The number of nitrogens with one attached hydrogen (secondary N) is 1. The Balaban J connectivity index is 2.69. The maximum Gasteiger partial charge on any atom is 0.160 e. The van der Waals surface area contributed by atoms with Crippen molar-refractivity contribution < 1.29 is 9.84 Å². The summed E-state index contributed by atoms with van der Waals surface area (Å²) in [6.45, 7) is 7.52. The zero-order chi connectivity index (χ0) is 15.3. The van der Waals surface area contributed by atoms with Crippen LogP contribution in [0.1, 0.15) is 32.4 Å². The SMILES string of the molecule is COc1cc(C(C)NCC(C(C)C)N(C)C)ccc1O. The third-order valence-electron chi connectivity index (χ3n) is 3.77. The van der Waals surface area contributed by atoms with E-state index < -0.39 is 0 Å². The summed E-state index contributed by atoms with van der Waals surface area (Å²) < 4.78 is 5.15. The summed E-state index contributed by atoms with van der Waals surface area (Å²) >= 11 is 0. The molecule has 4 nitrogen and oxygen atoms in total. The minimum absolute atomic E-state index is 0.178. The largest absolute Gasteiger partial charge is 0.504 e. The molecule has 1 aromatic rings. The zero-order valence-electron chi connectivity index (χ0n) is 13.5. The van der Waals surface area contributed by atoms with Gasteiger partial charge in [-0.1, -0.05) is 19.9 Å². The first-order valence-electron chi connectivity index (χ1n) is 7.13. The van der Waals surface area contributed by atoms with E-state index in [0.717, 1.165) is 12.1 Å². The summed E-state index contributed by atoms with van der Waals surface area (Å²) in [4.78, 5) is 2.25. The Morgan fingerprint density at radius 1 is 1.25 bits per heavy atom. The maximum absolute atomic E-state index is 9.63. The van der Waals surface area contributed by atoms with Gasteiger partial charge in [0.1, 0.15) is 0 Å².